The van der Waals surface area contributed by atoms with Gasteiger partial charge >= 0.3 is 5.97 Å². The SMILES string of the molecule is CC(C)=CCC[C@]1(C)/C=C\[C@@H](OC(=O)C=C(C)C)[C@@](C)(O)/C=C\C(=O)/C(CO)=C\C1. The first-order chi connectivity index (χ1) is 13.9. The van der Waals surface area contributed by atoms with Crippen LogP contribution in [0.25, 0.3) is 0 Å². The highest BCUT2D eigenvalue weighted by Gasteiger charge is 2.32. The second kappa shape index (κ2) is 11.2. The number of aliphatic hydroxyl groups is 2. The number of hydrogen-bond donors (Lipinski definition) is 2. The van der Waals surface area contributed by atoms with Crippen LogP contribution in [-0.2, 0) is 14.3 Å². The van der Waals surface area contributed by atoms with Gasteiger partial charge in [0.15, 0.2) is 11.9 Å². The van der Waals surface area contributed by atoms with Gasteiger partial charge < -0.3 is 14.9 Å². The van der Waals surface area contributed by atoms with Crippen LogP contribution >= 0.6 is 0 Å². The van der Waals surface area contributed by atoms with Crippen molar-refractivity contribution in [3.05, 3.63) is 59.3 Å². The number of rotatable bonds is 6. The Hall–Kier alpha value is -2.24. The molecule has 5 heteroatoms. The van der Waals surface area contributed by atoms with E-state index in [4.69, 9.17) is 4.74 Å². The standard InChI is InChI=1S/C25H36O5/c1-18(2)8-7-12-24(5)13-9-20(17-26)21(27)10-15-25(6,29)22(11-14-24)30-23(28)16-19(3)4/h8-11,14-16,22,26,29H,7,12-13,17H2,1-6H3/b14-11-,15-10-,20-9-/t22-,24+,25+/m1/s1. The molecule has 2 N–H and O–H groups in total. The average Bonchev–Trinajstić information content (AvgIpc) is 2.63. The number of hydrogen-bond acceptors (Lipinski definition) is 5. The fraction of sp³-hybridized carbons (Fsp3) is 0.520. The Morgan fingerprint density at radius 1 is 1.20 bits per heavy atom. The van der Waals surface area contributed by atoms with Crippen molar-refractivity contribution in [2.24, 2.45) is 5.41 Å². The molecule has 3 atom stereocenters. The van der Waals surface area contributed by atoms with Crippen molar-refractivity contribution in [2.45, 2.75) is 72.5 Å². The van der Waals surface area contributed by atoms with Crippen molar-refractivity contribution in [2.75, 3.05) is 6.61 Å². The zero-order valence-electron chi connectivity index (χ0n) is 19.1. The molecule has 30 heavy (non-hydrogen) atoms. The van der Waals surface area contributed by atoms with Crippen LogP contribution in [0.4, 0.5) is 0 Å². The van der Waals surface area contributed by atoms with Gasteiger partial charge in [-0.1, -0.05) is 36.3 Å². The molecule has 0 radical (unpaired) electrons. The molecule has 1 rings (SSSR count). The van der Waals surface area contributed by atoms with Crippen LogP contribution in [0.3, 0.4) is 0 Å². The molecule has 0 aromatic heterocycles. The second-order valence-electron chi connectivity index (χ2n) is 8.93. The quantitative estimate of drug-likeness (QED) is 0.382. The minimum Gasteiger partial charge on any atom is -0.452 e. The lowest BCUT2D eigenvalue weighted by molar-refractivity contribution is -0.148. The number of ether oxygens (including phenoxy) is 1. The first kappa shape index (κ1) is 25.8. The van der Waals surface area contributed by atoms with Gasteiger partial charge in [0.25, 0.3) is 0 Å². The lowest BCUT2D eigenvalue weighted by Gasteiger charge is -2.29. The van der Waals surface area contributed by atoms with Crippen molar-refractivity contribution in [3.8, 4) is 0 Å². The molecule has 1 aliphatic carbocycles. The first-order valence-corrected chi connectivity index (χ1v) is 10.3. The number of esters is 1. The zero-order chi connectivity index (χ0) is 22.9. The topological polar surface area (TPSA) is 83.8 Å². The van der Waals surface area contributed by atoms with E-state index in [1.165, 1.54) is 30.7 Å². The summed E-state index contributed by atoms with van der Waals surface area (Å²) in [6.07, 6.45) is 12.7. The number of allylic oxidation sites excluding steroid dienone is 6. The molecule has 5 nitrogen and oxygen atoms in total. The Labute approximate surface area is 180 Å². The Balaban J connectivity index is 3.38. The molecule has 0 bridgehead atoms. The van der Waals surface area contributed by atoms with E-state index in [0.717, 1.165) is 18.4 Å². The predicted molar refractivity (Wildman–Crippen MR) is 120 cm³/mol. The number of ketones is 1. The molecule has 0 saturated heterocycles. The van der Waals surface area contributed by atoms with Crippen molar-refractivity contribution in [1.29, 1.82) is 0 Å². The molecule has 0 aliphatic heterocycles. The van der Waals surface area contributed by atoms with Crippen LogP contribution in [0.5, 0.6) is 0 Å². The summed E-state index contributed by atoms with van der Waals surface area (Å²) >= 11 is 0. The minimum absolute atomic E-state index is 0.281. The Morgan fingerprint density at radius 2 is 1.87 bits per heavy atom. The summed E-state index contributed by atoms with van der Waals surface area (Å²) in [6.45, 7) is 10.8. The van der Waals surface area contributed by atoms with Crippen molar-refractivity contribution in [3.63, 3.8) is 0 Å². The largest absolute Gasteiger partial charge is 0.452 e. The van der Waals surface area contributed by atoms with Gasteiger partial charge in [0, 0.05) is 11.6 Å². The summed E-state index contributed by atoms with van der Waals surface area (Å²) in [7, 11) is 0. The van der Waals surface area contributed by atoms with E-state index >= 15 is 0 Å². The van der Waals surface area contributed by atoms with E-state index in [-0.39, 0.29) is 23.4 Å². The molecule has 0 spiro atoms. The fourth-order valence-electron chi connectivity index (χ4n) is 3.06. The molecule has 0 aromatic carbocycles. The Kier molecular flexibility index (Phi) is 9.66. The summed E-state index contributed by atoms with van der Waals surface area (Å²) < 4.78 is 5.52. The molecule has 0 unspecified atom stereocenters. The summed E-state index contributed by atoms with van der Waals surface area (Å²) in [5, 5.41) is 20.6. The van der Waals surface area contributed by atoms with E-state index in [1.54, 1.807) is 26.0 Å². The molecule has 0 heterocycles. The first-order valence-electron chi connectivity index (χ1n) is 10.3. The Bertz CT molecular complexity index is 771. The minimum atomic E-state index is -1.59. The number of aliphatic hydroxyl groups excluding tert-OH is 1. The highest BCUT2D eigenvalue weighted by molar-refractivity contribution is 6.04. The van der Waals surface area contributed by atoms with Crippen molar-refractivity contribution < 1.29 is 24.5 Å². The van der Waals surface area contributed by atoms with Gasteiger partial charge in [0.05, 0.1) is 6.61 Å². The van der Waals surface area contributed by atoms with Crippen LogP contribution in [0.2, 0.25) is 0 Å². The normalized spacial score (nSPS) is 30.9. The van der Waals surface area contributed by atoms with Crippen LogP contribution in [0, 0.1) is 5.41 Å². The van der Waals surface area contributed by atoms with Crippen LogP contribution in [-0.4, -0.2) is 40.3 Å². The maximum absolute atomic E-state index is 12.5. The summed E-state index contributed by atoms with van der Waals surface area (Å²) in [5.41, 5.74) is 0.344. The second-order valence-corrected chi connectivity index (χ2v) is 8.93. The third kappa shape index (κ3) is 8.64. The van der Waals surface area contributed by atoms with E-state index in [1.807, 2.05) is 26.8 Å². The molecule has 1 aliphatic rings. The van der Waals surface area contributed by atoms with Gasteiger partial charge in [-0.25, -0.2) is 4.79 Å². The van der Waals surface area contributed by atoms with Crippen LogP contribution in [0.15, 0.2) is 59.3 Å². The molecular weight excluding hydrogens is 380 g/mol. The lowest BCUT2D eigenvalue weighted by Crippen LogP contribution is -2.39. The third-order valence-electron chi connectivity index (χ3n) is 5.04. The molecule has 0 fully saturated rings. The predicted octanol–water partition coefficient (Wildman–Crippen LogP) is 4.37. The van der Waals surface area contributed by atoms with Crippen LogP contribution < -0.4 is 0 Å². The van der Waals surface area contributed by atoms with E-state index in [0.29, 0.717) is 6.42 Å². The lowest BCUT2D eigenvalue weighted by atomic mass is 9.80. The van der Waals surface area contributed by atoms with Gasteiger partial charge in [0.1, 0.15) is 5.60 Å². The highest BCUT2D eigenvalue weighted by atomic mass is 16.6. The molecule has 0 amide bonds. The molecular formula is C25H36O5. The van der Waals surface area contributed by atoms with Crippen molar-refractivity contribution in [1.82, 2.24) is 0 Å². The third-order valence-corrected chi connectivity index (χ3v) is 5.04. The summed E-state index contributed by atoms with van der Waals surface area (Å²) in [5.74, 6) is -0.930. The smallest absolute Gasteiger partial charge is 0.331 e. The Morgan fingerprint density at radius 3 is 2.43 bits per heavy atom. The van der Waals surface area contributed by atoms with E-state index in [2.05, 4.69) is 6.08 Å². The molecule has 0 aromatic rings. The number of carbonyl (C=O) groups excluding carboxylic acids is 2. The molecule has 166 valence electrons. The van der Waals surface area contributed by atoms with Gasteiger partial charge in [0.2, 0.25) is 0 Å². The highest BCUT2D eigenvalue weighted by Crippen LogP contribution is 2.33. The van der Waals surface area contributed by atoms with Gasteiger partial charge in [-0.15, -0.1) is 0 Å². The van der Waals surface area contributed by atoms with E-state index < -0.39 is 17.7 Å². The van der Waals surface area contributed by atoms with Gasteiger partial charge in [-0.2, -0.15) is 0 Å². The van der Waals surface area contributed by atoms with Gasteiger partial charge in [-0.05, 0) is 77.5 Å². The fourth-order valence-corrected chi connectivity index (χ4v) is 3.06. The maximum Gasteiger partial charge on any atom is 0.331 e. The zero-order valence-corrected chi connectivity index (χ0v) is 19.1. The molecule has 0 saturated carbocycles. The monoisotopic (exact) mass is 416 g/mol. The maximum atomic E-state index is 12.5. The van der Waals surface area contributed by atoms with Crippen molar-refractivity contribution >= 4 is 11.8 Å². The van der Waals surface area contributed by atoms with E-state index in [9.17, 15) is 19.8 Å². The summed E-state index contributed by atoms with van der Waals surface area (Å²) in [4.78, 5) is 24.7. The van der Waals surface area contributed by atoms with Crippen LogP contribution in [0.1, 0.15) is 60.8 Å². The average molecular weight is 417 g/mol. The number of carbonyl (C=O) groups is 2. The summed E-state index contributed by atoms with van der Waals surface area (Å²) in [6, 6.07) is 0. The van der Waals surface area contributed by atoms with Gasteiger partial charge in [-0.3, -0.25) is 4.79 Å².